The van der Waals surface area contributed by atoms with Gasteiger partial charge in [0.1, 0.15) is 10.7 Å². The van der Waals surface area contributed by atoms with Gasteiger partial charge in [-0.05, 0) is 37.6 Å². The highest BCUT2D eigenvalue weighted by Crippen LogP contribution is 2.42. The molecular formula is C21H17ClFN3O2S2. The molecule has 0 aliphatic rings. The number of aromatic nitrogens is 2. The second kappa shape index (κ2) is 8.75. The van der Waals surface area contributed by atoms with Gasteiger partial charge in [0.2, 0.25) is 5.91 Å². The van der Waals surface area contributed by atoms with Gasteiger partial charge in [0.05, 0.1) is 16.3 Å². The largest absolute Gasteiger partial charge is 0.410 e. The van der Waals surface area contributed by atoms with Crippen molar-refractivity contribution < 1.29 is 13.6 Å². The molecular weight excluding hydrogens is 445 g/mol. The van der Waals surface area contributed by atoms with E-state index in [2.05, 4.69) is 15.5 Å². The van der Waals surface area contributed by atoms with Crippen molar-refractivity contribution in [3.05, 3.63) is 64.9 Å². The molecule has 2 aromatic carbocycles. The molecule has 30 heavy (non-hydrogen) atoms. The summed E-state index contributed by atoms with van der Waals surface area (Å²) in [6.07, 6.45) is 0. The third-order valence-electron chi connectivity index (χ3n) is 4.51. The van der Waals surface area contributed by atoms with Crippen LogP contribution in [-0.4, -0.2) is 21.4 Å². The lowest BCUT2D eigenvalue weighted by molar-refractivity contribution is -0.120. The summed E-state index contributed by atoms with van der Waals surface area (Å²) in [5, 5.41) is 12.4. The van der Waals surface area contributed by atoms with Crippen molar-refractivity contribution in [2.75, 3.05) is 0 Å². The Morgan fingerprint density at radius 3 is 2.63 bits per heavy atom. The predicted molar refractivity (Wildman–Crippen MR) is 118 cm³/mol. The maximum atomic E-state index is 13.1. The predicted octanol–water partition coefficient (Wildman–Crippen LogP) is 6.10. The molecule has 2 heterocycles. The highest BCUT2D eigenvalue weighted by atomic mass is 35.5. The summed E-state index contributed by atoms with van der Waals surface area (Å²) in [7, 11) is 0. The Bertz CT molecular complexity index is 1190. The average Bonchev–Trinajstić information content (AvgIpc) is 3.33. The second-order valence-electron chi connectivity index (χ2n) is 6.66. The SMILES string of the molecule is C[C@H](NC(=O)[C@@H](C)Sc1nnc(-c2sc3ccccc3c2Cl)o1)c1ccc(F)cc1. The smallest absolute Gasteiger partial charge is 0.277 e. The summed E-state index contributed by atoms with van der Waals surface area (Å²) < 4.78 is 19.9. The van der Waals surface area contributed by atoms with E-state index in [1.807, 2.05) is 31.2 Å². The highest BCUT2D eigenvalue weighted by molar-refractivity contribution is 8.00. The number of thioether (sulfide) groups is 1. The highest BCUT2D eigenvalue weighted by Gasteiger charge is 2.22. The normalized spacial score (nSPS) is 13.3. The van der Waals surface area contributed by atoms with Gasteiger partial charge in [-0.3, -0.25) is 4.79 Å². The van der Waals surface area contributed by atoms with E-state index in [1.165, 1.54) is 35.2 Å². The Hall–Kier alpha value is -2.42. The van der Waals surface area contributed by atoms with E-state index in [-0.39, 0.29) is 23.0 Å². The fraction of sp³-hybridized carbons (Fsp3) is 0.190. The molecule has 0 spiro atoms. The third-order valence-corrected chi connectivity index (χ3v) is 7.11. The first-order chi connectivity index (χ1) is 14.4. The average molecular weight is 462 g/mol. The van der Waals surface area contributed by atoms with E-state index in [1.54, 1.807) is 19.1 Å². The van der Waals surface area contributed by atoms with Gasteiger partial charge in [-0.15, -0.1) is 21.5 Å². The molecule has 4 aromatic rings. The number of carbonyl (C=O) groups is 1. The lowest BCUT2D eigenvalue weighted by atomic mass is 10.1. The van der Waals surface area contributed by atoms with Crippen LogP contribution in [0, 0.1) is 5.82 Å². The van der Waals surface area contributed by atoms with Gasteiger partial charge < -0.3 is 9.73 Å². The molecule has 4 rings (SSSR count). The minimum atomic E-state index is -0.459. The van der Waals surface area contributed by atoms with Crippen LogP contribution in [0.15, 0.2) is 58.2 Å². The van der Waals surface area contributed by atoms with E-state index in [9.17, 15) is 9.18 Å². The molecule has 1 N–H and O–H groups in total. The number of nitrogens with one attached hydrogen (secondary N) is 1. The lowest BCUT2D eigenvalue weighted by Crippen LogP contribution is -2.33. The van der Waals surface area contributed by atoms with Gasteiger partial charge in [-0.2, -0.15) is 0 Å². The minimum absolute atomic E-state index is 0.184. The summed E-state index contributed by atoms with van der Waals surface area (Å²) in [5.41, 5.74) is 0.821. The van der Waals surface area contributed by atoms with Gasteiger partial charge >= 0.3 is 0 Å². The van der Waals surface area contributed by atoms with E-state index in [0.717, 1.165) is 15.6 Å². The van der Waals surface area contributed by atoms with E-state index >= 15 is 0 Å². The van der Waals surface area contributed by atoms with Crippen LogP contribution in [0.2, 0.25) is 5.02 Å². The Kier molecular flexibility index (Phi) is 6.08. The van der Waals surface area contributed by atoms with Gasteiger partial charge in [-0.25, -0.2) is 4.39 Å². The van der Waals surface area contributed by atoms with Crippen LogP contribution in [0.4, 0.5) is 4.39 Å². The molecule has 0 unspecified atom stereocenters. The first-order valence-corrected chi connectivity index (χ1v) is 11.2. The lowest BCUT2D eigenvalue weighted by Gasteiger charge is -2.16. The van der Waals surface area contributed by atoms with Crippen LogP contribution in [-0.2, 0) is 4.79 Å². The Labute approximate surface area is 185 Å². The second-order valence-corrected chi connectivity index (χ2v) is 9.38. The molecule has 0 fully saturated rings. The van der Waals surface area contributed by atoms with Crippen molar-refractivity contribution in [1.82, 2.24) is 15.5 Å². The number of amides is 1. The summed E-state index contributed by atoms with van der Waals surface area (Å²) >= 11 is 9.12. The molecule has 0 bridgehead atoms. The van der Waals surface area contributed by atoms with Crippen molar-refractivity contribution in [2.45, 2.75) is 30.4 Å². The number of hydrogen-bond acceptors (Lipinski definition) is 6. The van der Waals surface area contributed by atoms with Crippen LogP contribution in [0.3, 0.4) is 0 Å². The first-order valence-electron chi connectivity index (χ1n) is 9.16. The summed E-state index contributed by atoms with van der Waals surface area (Å²) in [5.74, 6) is -0.167. The zero-order valence-electron chi connectivity index (χ0n) is 16.1. The van der Waals surface area contributed by atoms with Crippen molar-refractivity contribution in [2.24, 2.45) is 0 Å². The molecule has 1 amide bonds. The van der Waals surface area contributed by atoms with Crippen LogP contribution < -0.4 is 5.32 Å². The van der Waals surface area contributed by atoms with Crippen molar-refractivity contribution in [3.8, 4) is 10.8 Å². The number of halogens is 2. The summed E-state index contributed by atoms with van der Waals surface area (Å²) in [4.78, 5) is 13.2. The molecule has 9 heteroatoms. The van der Waals surface area contributed by atoms with Crippen molar-refractivity contribution >= 4 is 50.7 Å². The van der Waals surface area contributed by atoms with E-state index in [4.69, 9.17) is 16.0 Å². The maximum Gasteiger partial charge on any atom is 0.277 e. The van der Waals surface area contributed by atoms with Crippen LogP contribution in [0.25, 0.3) is 20.9 Å². The number of nitrogens with zero attached hydrogens (tertiary/aromatic N) is 2. The van der Waals surface area contributed by atoms with E-state index in [0.29, 0.717) is 15.8 Å². The quantitative estimate of drug-likeness (QED) is 0.351. The third kappa shape index (κ3) is 4.35. The topological polar surface area (TPSA) is 68.0 Å². The Morgan fingerprint density at radius 2 is 1.90 bits per heavy atom. The van der Waals surface area contributed by atoms with Crippen LogP contribution in [0.1, 0.15) is 25.5 Å². The Morgan fingerprint density at radius 1 is 1.17 bits per heavy atom. The molecule has 5 nitrogen and oxygen atoms in total. The zero-order valence-corrected chi connectivity index (χ0v) is 18.4. The van der Waals surface area contributed by atoms with Gasteiger partial charge in [0, 0.05) is 10.1 Å². The molecule has 2 aromatic heterocycles. The van der Waals surface area contributed by atoms with Crippen molar-refractivity contribution in [3.63, 3.8) is 0 Å². The fourth-order valence-corrected chi connectivity index (χ4v) is 5.00. The number of hydrogen-bond donors (Lipinski definition) is 1. The molecule has 0 saturated carbocycles. The molecule has 0 aliphatic carbocycles. The number of fused-ring (bicyclic) bond motifs is 1. The Balaban J connectivity index is 1.43. The van der Waals surface area contributed by atoms with Gasteiger partial charge in [-0.1, -0.05) is 53.7 Å². The molecule has 0 saturated heterocycles. The molecule has 154 valence electrons. The number of thiophene rings is 1. The maximum absolute atomic E-state index is 13.1. The fourth-order valence-electron chi connectivity index (χ4n) is 2.87. The number of carbonyl (C=O) groups excluding carboxylic acids is 1. The summed E-state index contributed by atoms with van der Waals surface area (Å²) in [6.45, 7) is 3.60. The van der Waals surface area contributed by atoms with Crippen molar-refractivity contribution in [1.29, 1.82) is 0 Å². The number of benzene rings is 2. The standard InChI is InChI=1S/C21H17ClFN3O2S2/c1-11(13-7-9-14(23)10-8-13)24-19(27)12(2)29-21-26-25-20(28-21)18-17(22)15-5-3-4-6-16(15)30-18/h3-12H,1-2H3,(H,24,27)/t11-,12+/m0/s1. The van der Waals surface area contributed by atoms with Crippen LogP contribution >= 0.6 is 34.7 Å². The molecule has 0 aliphatic heterocycles. The first kappa shape index (κ1) is 20.8. The minimum Gasteiger partial charge on any atom is -0.410 e. The molecule has 0 radical (unpaired) electrons. The van der Waals surface area contributed by atoms with Crippen LogP contribution in [0.5, 0.6) is 0 Å². The van der Waals surface area contributed by atoms with Gasteiger partial charge in [0.15, 0.2) is 0 Å². The molecule has 2 atom stereocenters. The van der Waals surface area contributed by atoms with E-state index < -0.39 is 5.25 Å². The zero-order chi connectivity index (χ0) is 21.3. The van der Waals surface area contributed by atoms with Gasteiger partial charge in [0.25, 0.3) is 11.1 Å². The number of rotatable bonds is 6. The monoisotopic (exact) mass is 461 g/mol. The summed E-state index contributed by atoms with van der Waals surface area (Å²) in [6, 6.07) is 13.6.